The standard InChI is InChI=1S/C13H15N3O3S/c1-7-11(14)20-13(15-7)16-12(17)8-4-5-9(18-2)10(6-8)19-3/h4-6H,14H2,1-3H3,(H,15,16,17). The Balaban J connectivity index is 2.20. The van der Waals surface area contributed by atoms with Crippen LogP contribution in [-0.2, 0) is 0 Å². The lowest BCUT2D eigenvalue weighted by Crippen LogP contribution is -2.11. The first-order valence-electron chi connectivity index (χ1n) is 5.81. The number of rotatable bonds is 4. The Morgan fingerprint density at radius 2 is 2.00 bits per heavy atom. The number of benzene rings is 1. The van der Waals surface area contributed by atoms with Gasteiger partial charge in [0.25, 0.3) is 5.91 Å². The largest absolute Gasteiger partial charge is 0.493 e. The van der Waals surface area contributed by atoms with Crippen molar-refractivity contribution in [1.29, 1.82) is 0 Å². The number of anilines is 2. The van der Waals surface area contributed by atoms with Crippen LogP contribution in [0.5, 0.6) is 11.5 Å². The van der Waals surface area contributed by atoms with E-state index in [9.17, 15) is 4.79 Å². The number of nitrogen functional groups attached to an aromatic ring is 1. The van der Waals surface area contributed by atoms with Gasteiger partial charge in [-0.15, -0.1) is 0 Å². The average Bonchev–Trinajstić information content (AvgIpc) is 2.76. The number of aryl methyl sites for hydroxylation is 1. The molecule has 0 bridgehead atoms. The molecule has 0 aliphatic rings. The molecule has 1 amide bonds. The molecule has 0 spiro atoms. The van der Waals surface area contributed by atoms with E-state index in [1.807, 2.05) is 0 Å². The molecular weight excluding hydrogens is 278 g/mol. The lowest BCUT2D eigenvalue weighted by Gasteiger charge is -2.09. The Morgan fingerprint density at radius 3 is 2.55 bits per heavy atom. The van der Waals surface area contributed by atoms with Crippen molar-refractivity contribution in [2.75, 3.05) is 25.3 Å². The second kappa shape index (κ2) is 5.79. The molecule has 2 rings (SSSR count). The number of ether oxygens (including phenoxy) is 2. The van der Waals surface area contributed by atoms with E-state index >= 15 is 0 Å². The van der Waals surface area contributed by atoms with E-state index in [-0.39, 0.29) is 5.91 Å². The molecule has 6 nitrogen and oxygen atoms in total. The second-order valence-electron chi connectivity index (χ2n) is 3.99. The summed E-state index contributed by atoms with van der Waals surface area (Å²) in [5, 5.41) is 3.76. The summed E-state index contributed by atoms with van der Waals surface area (Å²) in [6.07, 6.45) is 0. The van der Waals surface area contributed by atoms with Crippen molar-refractivity contribution in [3.63, 3.8) is 0 Å². The zero-order chi connectivity index (χ0) is 14.7. The first kappa shape index (κ1) is 14.1. The SMILES string of the molecule is COc1ccc(C(=O)Nc2nc(C)c(N)s2)cc1OC. The smallest absolute Gasteiger partial charge is 0.257 e. The van der Waals surface area contributed by atoms with Gasteiger partial charge in [0.1, 0.15) is 5.00 Å². The first-order chi connectivity index (χ1) is 9.55. The van der Waals surface area contributed by atoms with E-state index in [2.05, 4.69) is 10.3 Å². The molecule has 3 N–H and O–H groups in total. The highest BCUT2D eigenvalue weighted by molar-refractivity contribution is 7.19. The van der Waals surface area contributed by atoms with Crippen LogP contribution in [0.1, 0.15) is 16.1 Å². The van der Waals surface area contributed by atoms with Crippen LogP contribution in [0.4, 0.5) is 10.1 Å². The number of methoxy groups -OCH3 is 2. The summed E-state index contributed by atoms with van der Waals surface area (Å²) >= 11 is 1.23. The molecule has 0 saturated heterocycles. The maximum absolute atomic E-state index is 12.1. The van der Waals surface area contributed by atoms with E-state index in [1.165, 1.54) is 18.4 Å². The highest BCUT2D eigenvalue weighted by Crippen LogP contribution is 2.29. The van der Waals surface area contributed by atoms with Crippen LogP contribution in [0.15, 0.2) is 18.2 Å². The van der Waals surface area contributed by atoms with Crippen LogP contribution >= 0.6 is 11.3 Å². The molecule has 7 heteroatoms. The monoisotopic (exact) mass is 293 g/mol. The predicted octanol–water partition coefficient (Wildman–Crippen LogP) is 2.30. The quantitative estimate of drug-likeness (QED) is 0.903. The third-order valence-corrected chi connectivity index (χ3v) is 3.60. The minimum atomic E-state index is -0.278. The van der Waals surface area contributed by atoms with Crippen molar-refractivity contribution in [2.24, 2.45) is 0 Å². The predicted molar refractivity (Wildman–Crippen MR) is 78.8 cm³/mol. The number of carbonyl (C=O) groups excluding carboxylic acids is 1. The zero-order valence-corrected chi connectivity index (χ0v) is 12.2. The van der Waals surface area contributed by atoms with Gasteiger partial charge < -0.3 is 15.2 Å². The van der Waals surface area contributed by atoms with Crippen molar-refractivity contribution in [2.45, 2.75) is 6.92 Å². The van der Waals surface area contributed by atoms with E-state index in [0.717, 1.165) is 0 Å². The van der Waals surface area contributed by atoms with Crippen LogP contribution < -0.4 is 20.5 Å². The molecule has 1 aromatic heterocycles. The number of amides is 1. The fourth-order valence-electron chi connectivity index (χ4n) is 1.61. The van der Waals surface area contributed by atoms with Gasteiger partial charge in [-0.25, -0.2) is 4.98 Å². The van der Waals surface area contributed by atoms with Gasteiger partial charge in [0.2, 0.25) is 0 Å². The van der Waals surface area contributed by atoms with Crippen LogP contribution in [0.3, 0.4) is 0 Å². The van der Waals surface area contributed by atoms with E-state index in [1.54, 1.807) is 32.2 Å². The highest BCUT2D eigenvalue weighted by atomic mass is 32.1. The number of hydrogen-bond acceptors (Lipinski definition) is 6. The number of thiazole rings is 1. The molecule has 1 heterocycles. The van der Waals surface area contributed by atoms with Crippen LogP contribution in [-0.4, -0.2) is 25.1 Å². The van der Waals surface area contributed by atoms with Gasteiger partial charge in [-0.3, -0.25) is 10.1 Å². The molecule has 106 valence electrons. The molecule has 0 radical (unpaired) electrons. The maximum Gasteiger partial charge on any atom is 0.257 e. The molecule has 0 unspecified atom stereocenters. The highest BCUT2D eigenvalue weighted by Gasteiger charge is 2.13. The fourth-order valence-corrected chi connectivity index (χ4v) is 2.34. The van der Waals surface area contributed by atoms with Crippen molar-refractivity contribution in [3.8, 4) is 11.5 Å². The third-order valence-electron chi connectivity index (χ3n) is 2.70. The summed E-state index contributed by atoms with van der Waals surface area (Å²) in [6, 6.07) is 4.94. The molecule has 20 heavy (non-hydrogen) atoms. The number of aromatic nitrogens is 1. The van der Waals surface area contributed by atoms with Crippen LogP contribution in [0.2, 0.25) is 0 Å². The second-order valence-corrected chi connectivity index (χ2v) is 5.02. The van der Waals surface area contributed by atoms with Gasteiger partial charge in [0.05, 0.1) is 19.9 Å². The van der Waals surface area contributed by atoms with E-state index in [4.69, 9.17) is 15.2 Å². The van der Waals surface area contributed by atoms with Crippen molar-refractivity contribution >= 4 is 27.4 Å². The third kappa shape index (κ3) is 2.83. The van der Waals surface area contributed by atoms with Gasteiger partial charge in [-0.2, -0.15) is 0 Å². The summed E-state index contributed by atoms with van der Waals surface area (Å²) in [6.45, 7) is 1.79. The average molecular weight is 293 g/mol. The lowest BCUT2D eigenvalue weighted by molar-refractivity contribution is 0.102. The molecule has 0 aliphatic carbocycles. The number of nitrogens with two attached hydrogens (primary N) is 1. The van der Waals surface area contributed by atoms with Gasteiger partial charge in [-0.05, 0) is 25.1 Å². The molecule has 0 aliphatic heterocycles. The zero-order valence-electron chi connectivity index (χ0n) is 11.4. The van der Waals surface area contributed by atoms with E-state index < -0.39 is 0 Å². The van der Waals surface area contributed by atoms with E-state index in [0.29, 0.717) is 32.9 Å². The summed E-state index contributed by atoms with van der Waals surface area (Å²) < 4.78 is 10.3. The normalized spacial score (nSPS) is 10.2. The number of hydrogen-bond donors (Lipinski definition) is 2. The minimum Gasteiger partial charge on any atom is -0.493 e. The summed E-state index contributed by atoms with van der Waals surface area (Å²) in [4.78, 5) is 16.3. The topological polar surface area (TPSA) is 86.5 Å². The van der Waals surface area contributed by atoms with Crippen molar-refractivity contribution in [1.82, 2.24) is 4.98 Å². The summed E-state index contributed by atoms with van der Waals surface area (Å²) in [5.41, 5.74) is 6.87. The fraction of sp³-hybridized carbons (Fsp3) is 0.231. The number of nitrogens with zero attached hydrogens (tertiary/aromatic N) is 1. The van der Waals surface area contributed by atoms with Crippen LogP contribution in [0.25, 0.3) is 0 Å². The van der Waals surface area contributed by atoms with Crippen molar-refractivity contribution < 1.29 is 14.3 Å². The molecule has 0 fully saturated rings. The minimum absolute atomic E-state index is 0.278. The Bertz CT molecular complexity index is 620. The molecule has 2 aromatic rings. The molecule has 1 aromatic carbocycles. The van der Waals surface area contributed by atoms with Gasteiger partial charge in [0, 0.05) is 5.56 Å². The Kier molecular flexibility index (Phi) is 4.09. The van der Waals surface area contributed by atoms with Gasteiger partial charge >= 0.3 is 0 Å². The lowest BCUT2D eigenvalue weighted by atomic mass is 10.2. The Labute approximate surface area is 120 Å². The van der Waals surface area contributed by atoms with Crippen molar-refractivity contribution in [3.05, 3.63) is 29.5 Å². The Hall–Kier alpha value is -2.28. The summed E-state index contributed by atoms with van der Waals surface area (Å²) in [7, 11) is 3.06. The molecular formula is C13H15N3O3S. The summed E-state index contributed by atoms with van der Waals surface area (Å²) in [5.74, 6) is 0.785. The number of carbonyl (C=O) groups is 1. The maximum atomic E-state index is 12.1. The van der Waals surface area contributed by atoms with Crippen LogP contribution in [0, 0.1) is 6.92 Å². The van der Waals surface area contributed by atoms with Gasteiger partial charge in [-0.1, -0.05) is 11.3 Å². The first-order valence-corrected chi connectivity index (χ1v) is 6.63. The van der Waals surface area contributed by atoms with Gasteiger partial charge in [0.15, 0.2) is 16.6 Å². The number of nitrogens with one attached hydrogen (secondary N) is 1. The molecule has 0 saturated carbocycles. The Morgan fingerprint density at radius 1 is 1.30 bits per heavy atom. The molecule has 0 atom stereocenters.